The van der Waals surface area contributed by atoms with Crippen LogP contribution in [-0.2, 0) is 18.3 Å². The van der Waals surface area contributed by atoms with Gasteiger partial charge in [0.25, 0.3) is 0 Å². The van der Waals surface area contributed by atoms with E-state index in [-0.39, 0.29) is 5.41 Å². The summed E-state index contributed by atoms with van der Waals surface area (Å²) in [5.74, 6) is 0.924. The summed E-state index contributed by atoms with van der Waals surface area (Å²) in [6.07, 6.45) is 7.28. The second-order valence-corrected chi connectivity index (χ2v) is 8.06. The summed E-state index contributed by atoms with van der Waals surface area (Å²) in [6.45, 7) is 5.58. The predicted molar refractivity (Wildman–Crippen MR) is 102 cm³/mol. The van der Waals surface area contributed by atoms with Crippen molar-refractivity contribution in [3.8, 4) is 0 Å². The van der Waals surface area contributed by atoms with Gasteiger partial charge in [0.05, 0.1) is 5.69 Å². The quantitative estimate of drug-likeness (QED) is 0.797. The van der Waals surface area contributed by atoms with Crippen LogP contribution in [0, 0.1) is 6.92 Å². The first-order valence-corrected chi connectivity index (χ1v) is 9.70. The van der Waals surface area contributed by atoms with E-state index in [0.29, 0.717) is 0 Å². The number of benzene rings is 1. The minimum atomic E-state index is 0.0316. The van der Waals surface area contributed by atoms with Crippen LogP contribution in [0.4, 0.5) is 0 Å². The number of nitrogens with zero attached hydrogens (tertiary/aromatic N) is 3. The lowest BCUT2D eigenvalue weighted by molar-refractivity contribution is 0.319. The van der Waals surface area contributed by atoms with Crippen LogP contribution in [0.5, 0.6) is 0 Å². The van der Waals surface area contributed by atoms with Crippen molar-refractivity contribution >= 4 is 0 Å². The Morgan fingerprint density at radius 2 is 1.92 bits per heavy atom. The summed E-state index contributed by atoms with van der Waals surface area (Å²) in [7, 11) is 2.26. The van der Waals surface area contributed by atoms with Crippen LogP contribution in [0.15, 0.2) is 30.3 Å². The van der Waals surface area contributed by atoms with Crippen LogP contribution >= 0.6 is 0 Å². The molecule has 0 N–H and O–H groups in total. The first-order chi connectivity index (χ1) is 12.1. The van der Waals surface area contributed by atoms with Crippen molar-refractivity contribution in [2.24, 2.45) is 0 Å². The van der Waals surface area contributed by atoms with E-state index in [0.717, 1.165) is 31.1 Å². The molecule has 0 radical (unpaired) electrons. The smallest absolute Gasteiger partial charge is 0.125 e. The highest BCUT2D eigenvalue weighted by Gasteiger charge is 2.39. The molecule has 1 heterocycles. The SMILES string of the molecule is Cc1nc(CCCN(C)C2CC2)c2c(n1)C(C)(c1ccccc1)CC2. The first kappa shape index (κ1) is 16.7. The van der Waals surface area contributed by atoms with E-state index in [4.69, 9.17) is 9.97 Å². The standard InChI is InChI=1S/C22H29N3/c1-16-23-20(10-7-15-25(3)18-11-12-18)19-13-14-22(2,21(19)24-16)17-8-5-4-6-9-17/h4-6,8-9,18H,7,10-15H2,1-3H3. The maximum atomic E-state index is 4.90. The van der Waals surface area contributed by atoms with Gasteiger partial charge in [-0.3, -0.25) is 0 Å². The molecule has 3 nitrogen and oxygen atoms in total. The van der Waals surface area contributed by atoms with Gasteiger partial charge in [-0.2, -0.15) is 0 Å². The average Bonchev–Trinajstić information content (AvgIpc) is 3.41. The molecule has 0 bridgehead atoms. The monoisotopic (exact) mass is 335 g/mol. The van der Waals surface area contributed by atoms with E-state index in [1.54, 1.807) is 0 Å². The zero-order valence-electron chi connectivity index (χ0n) is 15.8. The number of aromatic nitrogens is 2. The molecule has 2 aliphatic carbocycles. The maximum Gasteiger partial charge on any atom is 0.125 e. The highest BCUT2D eigenvalue weighted by Crippen LogP contribution is 2.43. The summed E-state index contributed by atoms with van der Waals surface area (Å²) in [6, 6.07) is 11.7. The Morgan fingerprint density at radius 1 is 1.16 bits per heavy atom. The lowest BCUT2D eigenvalue weighted by atomic mass is 9.80. The molecular weight excluding hydrogens is 306 g/mol. The van der Waals surface area contributed by atoms with E-state index in [2.05, 4.69) is 49.2 Å². The Labute approximate surface area is 151 Å². The summed E-state index contributed by atoms with van der Waals surface area (Å²) in [5.41, 5.74) is 5.41. The molecule has 0 spiro atoms. The molecule has 2 aliphatic rings. The van der Waals surface area contributed by atoms with Gasteiger partial charge in [0.1, 0.15) is 5.82 Å². The zero-order chi connectivity index (χ0) is 17.4. The highest BCUT2D eigenvalue weighted by atomic mass is 15.1. The van der Waals surface area contributed by atoms with Crippen molar-refractivity contribution in [3.63, 3.8) is 0 Å². The highest BCUT2D eigenvalue weighted by molar-refractivity contribution is 5.45. The molecule has 1 fully saturated rings. The summed E-state index contributed by atoms with van der Waals surface area (Å²) < 4.78 is 0. The summed E-state index contributed by atoms with van der Waals surface area (Å²) in [4.78, 5) is 12.3. The number of rotatable bonds is 6. The lowest BCUT2D eigenvalue weighted by Crippen LogP contribution is -2.23. The minimum absolute atomic E-state index is 0.0316. The van der Waals surface area contributed by atoms with Gasteiger partial charge in [-0.25, -0.2) is 9.97 Å². The third-order valence-electron chi connectivity index (χ3n) is 6.11. The zero-order valence-corrected chi connectivity index (χ0v) is 15.8. The van der Waals surface area contributed by atoms with Crippen molar-refractivity contribution in [1.29, 1.82) is 0 Å². The van der Waals surface area contributed by atoms with E-state index >= 15 is 0 Å². The van der Waals surface area contributed by atoms with Crippen LogP contribution < -0.4 is 0 Å². The molecule has 0 amide bonds. The van der Waals surface area contributed by atoms with Gasteiger partial charge in [-0.15, -0.1) is 0 Å². The Morgan fingerprint density at radius 3 is 2.64 bits per heavy atom. The molecule has 0 aliphatic heterocycles. The van der Waals surface area contributed by atoms with E-state index in [1.807, 2.05) is 6.92 Å². The van der Waals surface area contributed by atoms with Gasteiger partial charge in [-0.05, 0) is 77.1 Å². The van der Waals surface area contributed by atoms with Crippen molar-refractivity contribution in [2.75, 3.05) is 13.6 Å². The molecule has 1 aromatic heterocycles. The number of aryl methyl sites for hydroxylation is 2. The number of fused-ring (bicyclic) bond motifs is 1. The number of hydrogen-bond donors (Lipinski definition) is 0. The summed E-state index contributed by atoms with van der Waals surface area (Å²) in [5, 5.41) is 0. The molecule has 0 saturated heterocycles. The molecular formula is C22H29N3. The van der Waals surface area contributed by atoms with Crippen molar-refractivity contribution < 1.29 is 0 Å². The predicted octanol–water partition coefficient (Wildman–Crippen LogP) is 4.06. The Kier molecular flexibility index (Phi) is 4.36. The second-order valence-electron chi connectivity index (χ2n) is 8.06. The van der Waals surface area contributed by atoms with E-state index in [1.165, 1.54) is 48.3 Å². The van der Waals surface area contributed by atoms with E-state index in [9.17, 15) is 0 Å². The second kappa shape index (κ2) is 6.53. The molecule has 3 heteroatoms. The van der Waals surface area contributed by atoms with Crippen LogP contribution in [0.3, 0.4) is 0 Å². The fourth-order valence-corrected chi connectivity index (χ4v) is 4.35. The van der Waals surface area contributed by atoms with Gasteiger partial charge in [0, 0.05) is 17.2 Å². The Hall–Kier alpha value is -1.74. The van der Waals surface area contributed by atoms with Crippen molar-refractivity contribution in [2.45, 2.75) is 63.8 Å². The lowest BCUT2D eigenvalue weighted by Gasteiger charge is -2.25. The van der Waals surface area contributed by atoms with Gasteiger partial charge in [-0.1, -0.05) is 30.3 Å². The Bertz CT molecular complexity index is 751. The molecule has 1 aromatic carbocycles. The van der Waals surface area contributed by atoms with E-state index < -0.39 is 0 Å². The third-order valence-corrected chi connectivity index (χ3v) is 6.11. The van der Waals surface area contributed by atoms with Crippen LogP contribution in [0.1, 0.15) is 60.9 Å². The fraction of sp³-hybridized carbons (Fsp3) is 0.545. The third kappa shape index (κ3) is 3.22. The fourth-order valence-electron chi connectivity index (χ4n) is 4.35. The summed E-state index contributed by atoms with van der Waals surface area (Å²) >= 11 is 0. The van der Waals surface area contributed by atoms with Gasteiger partial charge in [0.2, 0.25) is 0 Å². The van der Waals surface area contributed by atoms with Crippen LogP contribution in [-0.4, -0.2) is 34.5 Å². The molecule has 1 atom stereocenters. The average molecular weight is 335 g/mol. The van der Waals surface area contributed by atoms with Crippen LogP contribution in [0.2, 0.25) is 0 Å². The molecule has 1 saturated carbocycles. The molecule has 132 valence electrons. The van der Waals surface area contributed by atoms with Crippen molar-refractivity contribution in [3.05, 3.63) is 58.7 Å². The Balaban J connectivity index is 1.58. The molecule has 2 aromatic rings. The normalized spacial score (nSPS) is 22.4. The first-order valence-electron chi connectivity index (χ1n) is 9.70. The minimum Gasteiger partial charge on any atom is -0.303 e. The van der Waals surface area contributed by atoms with Gasteiger partial charge in [0.15, 0.2) is 0 Å². The molecule has 4 rings (SSSR count). The maximum absolute atomic E-state index is 4.90. The number of hydrogen-bond acceptors (Lipinski definition) is 3. The van der Waals surface area contributed by atoms with Gasteiger partial charge >= 0.3 is 0 Å². The van der Waals surface area contributed by atoms with Gasteiger partial charge < -0.3 is 4.90 Å². The largest absolute Gasteiger partial charge is 0.303 e. The molecule has 1 unspecified atom stereocenters. The van der Waals surface area contributed by atoms with Crippen molar-refractivity contribution in [1.82, 2.24) is 14.9 Å². The topological polar surface area (TPSA) is 29.0 Å². The van der Waals surface area contributed by atoms with Crippen LogP contribution in [0.25, 0.3) is 0 Å². The molecule has 25 heavy (non-hydrogen) atoms.